The first-order valence-electron chi connectivity index (χ1n) is 11.1. The van der Waals surface area contributed by atoms with Crippen LogP contribution in [0.25, 0.3) is 0 Å². The Bertz CT molecular complexity index is 1300. The lowest BCUT2D eigenvalue weighted by Crippen LogP contribution is -2.40. The Balaban J connectivity index is 1.48. The molecule has 178 valence electrons. The summed E-state index contributed by atoms with van der Waals surface area (Å²) >= 11 is 1.60. The van der Waals surface area contributed by atoms with Crippen molar-refractivity contribution < 1.29 is 22.7 Å². The zero-order chi connectivity index (χ0) is 23.9. The largest absolute Gasteiger partial charge is 0.493 e. The molecule has 0 saturated heterocycles. The maximum Gasteiger partial charge on any atom is 0.254 e. The normalized spacial score (nSPS) is 17.8. The zero-order valence-corrected chi connectivity index (χ0v) is 20.6. The number of rotatable bonds is 7. The van der Waals surface area contributed by atoms with Crippen LogP contribution in [0.2, 0.25) is 0 Å². The molecule has 2 aliphatic rings. The van der Waals surface area contributed by atoms with Gasteiger partial charge in [-0.2, -0.15) is 0 Å². The molecule has 2 aromatic carbocycles. The van der Waals surface area contributed by atoms with Gasteiger partial charge in [0.2, 0.25) is 10.0 Å². The number of thiophene rings is 1. The van der Waals surface area contributed by atoms with E-state index in [1.54, 1.807) is 37.7 Å². The summed E-state index contributed by atoms with van der Waals surface area (Å²) < 4.78 is 38.7. The summed E-state index contributed by atoms with van der Waals surface area (Å²) in [4.78, 5) is 16.7. The average molecular weight is 499 g/mol. The number of nitrogens with one attached hydrogen (secondary N) is 1. The number of carbonyl (C=O) groups is 1. The Labute approximate surface area is 203 Å². The van der Waals surface area contributed by atoms with E-state index in [1.807, 2.05) is 34.5 Å². The standard InChI is InChI=1S/C25H26N2O5S2/c1-31-21-14-17-11-12-27(24(23-4-3-13-33-23)20(17)15-22(21)32-2)25(28)16-5-9-19(10-6-16)34(29,30)26-18-7-8-18/h3-6,9-10,13-15,18,24,26H,7-8,11-12H2,1-2H3. The number of benzene rings is 2. The Morgan fingerprint density at radius 2 is 1.76 bits per heavy atom. The van der Waals surface area contributed by atoms with Crippen LogP contribution in [0.4, 0.5) is 0 Å². The molecular formula is C25H26N2O5S2. The number of hydrogen-bond donors (Lipinski definition) is 1. The Morgan fingerprint density at radius 3 is 2.38 bits per heavy atom. The Morgan fingerprint density at radius 1 is 1.06 bits per heavy atom. The molecule has 1 unspecified atom stereocenters. The lowest BCUT2D eigenvalue weighted by atomic mass is 9.90. The van der Waals surface area contributed by atoms with Gasteiger partial charge in [-0.15, -0.1) is 11.3 Å². The lowest BCUT2D eigenvalue weighted by Gasteiger charge is -2.37. The number of sulfonamides is 1. The predicted octanol–water partition coefficient (Wildman–Crippen LogP) is 3.99. The highest BCUT2D eigenvalue weighted by molar-refractivity contribution is 7.89. The quantitative estimate of drug-likeness (QED) is 0.532. The topological polar surface area (TPSA) is 84.9 Å². The molecule has 9 heteroatoms. The van der Waals surface area contributed by atoms with E-state index in [0.29, 0.717) is 30.0 Å². The Hall–Kier alpha value is -2.88. The monoisotopic (exact) mass is 498 g/mol. The third kappa shape index (κ3) is 4.31. The van der Waals surface area contributed by atoms with E-state index < -0.39 is 10.0 Å². The first-order chi connectivity index (χ1) is 16.4. The molecule has 1 aliphatic heterocycles. The molecule has 0 bridgehead atoms. The van der Waals surface area contributed by atoms with Gasteiger partial charge < -0.3 is 14.4 Å². The fraction of sp³-hybridized carbons (Fsp3) is 0.320. The summed E-state index contributed by atoms with van der Waals surface area (Å²) in [5.41, 5.74) is 2.58. The maximum atomic E-state index is 13.7. The van der Waals surface area contributed by atoms with Gasteiger partial charge in [-0.05, 0) is 78.2 Å². The summed E-state index contributed by atoms with van der Waals surface area (Å²) in [6, 6.07) is 13.9. The van der Waals surface area contributed by atoms with E-state index in [9.17, 15) is 13.2 Å². The van der Waals surface area contributed by atoms with Gasteiger partial charge >= 0.3 is 0 Å². The molecule has 1 N–H and O–H groups in total. The highest BCUT2D eigenvalue weighted by Gasteiger charge is 2.35. The van der Waals surface area contributed by atoms with Crippen molar-refractivity contribution in [2.45, 2.75) is 36.2 Å². The van der Waals surface area contributed by atoms with Crippen molar-refractivity contribution in [3.05, 3.63) is 75.5 Å². The number of hydrogen-bond acceptors (Lipinski definition) is 6. The van der Waals surface area contributed by atoms with E-state index in [2.05, 4.69) is 4.72 Å². The summed E-state index contributed by atoms with van der Waals surface area (Å²) in [6.45, 7) is 0.535. The van der Waals surface area contributed by atoms with Crippen molar-refractivity contribution in [2.75, 3.05) is 20.8 Å². The molecule has 1 fully saturated rings. The second-order valence-corrected chi connectivity index (χ2v) is 11.2. The summed E-state index contributed by atoms with van der Waals surface area (Å²) in [5, 5.41) is 2.00. The maximum absolute atomic E-state index is 13.7. The smallest absolute Gasteiger partial charge is 0.254 e. The molecule has 34 heavy (non-hydrogen) atoms. The zero-order valence-electron chi connectivity index (χ0n) is 19.0. The number of nitrogens with zero attached hydrogens (tertiary/aromatic N) is 1. The second kappa shape index (κ2) is 9.05. The summed E-state index contributed by atoms with van der Waals surface area (Å²) in [6.07, 6.45) is 2.42. The number of amides is 1. The number of ether oxygens (including phenoxy) is 2. The summed E-state index contributed by atoms with van der Waals surface area (Å²) in [7, 11) is -0.348. The van der Waals surface area contributed by atoms with E-state index >= 15 is 0 Å². The fourth-order valence-corrected chi connectivity index (χ4v) is 6.51. The molecule has 1 saturated carbocycles. The van der Waals surface area contributed by atoms with Crippen LogP contribution in [0, 0.1) is 0 Å². The van der Waals surface area contributed by atoms with E-state index in [-0.39, 0.29) is 22.9 Å². The minimum Gasteiger partial charge on any atom is -0.493 e. The van der Waals surface area contributed by atoms with Crippen molar-refractivity contribution in [3.63, 3.8) is 0 Å². The fourth-order valence-electron chi connectivity index (χ4n) is 4.35. The van der Waals surface area contributed by atoms with E-state index in [0.717, 1.165) is 28.8 Å². The highest BCUT2D eigenvalue weighted by Crippen LogP contribution is 2.42. The van der Waals surface area contributed by atoms with Crippen LogP contribution >= 0.6 is 11.3 Å². The van der Waals surface area contributed by atoms with Crippen LogP contribution in [-0.4, -0.2) is 46.0 Å². The average Bonchev–Trinajstić information content (AvgIpc) is 3.49. The molecular weight excluding hydrogens is 472 g/mol. The van der Waals surface area contributed by atoms with Gasteiger partial charge in [-0.25, -0.2) is 13.1 Å². The minimum absolute atomic E-state index is 0.0295. The van der Waals surface area contributed by atoms with Gasteiger partial charge in [0, 0.05) is 23.0 Å². The van der Waals surface area contributed by atoms with Crippen molar-refractivity contribution >= 4 is 27.3 Å². The first-order valence-corrected chi connectivity index (χ1v) is 13.5. The minimum atomic E-state index is -3.56. The molecule has 5 rings (SSSR count). The first kappa shape index (κ1) is 22.9. The van der Waals surface area contributed by atoms with Gasteiger partial charge in [0.1, 0.15) is 0 Å². The van der Waals surface area contributed by atoms with Gasteiger partial charge in [-0.1, -0.05) is 6.07 Å². The molecule has 1 atom stereocenters. The lowest BCUT2D eigenvalue weighted by molar-refractivity contribution is 0.0696. The predicted molar refractivity (Wildman–Crippen MR) is 130 cm³/mol. The molecule has 0 spiro atoms. The van der Waals surface area contributed by atoms with Gasteiger partial charge in [0.05, 0.1) is 25.2 Å². The van der Waals surface area contributed by atoms with Gasteiger partial charge in [0.25, 0.3) is 5.91 Å². The van der Waals surface area contributed by atoms with E-state index in [4.69, 9.17) is 9.47 Å². The van der Waals surface area contributed by atoms with Crippen LogP contribution < -0.4 is 14.2 Å². The molecule has 0 radical (unpaired) electrons. The number of methoxy groups -OCH3 is 2. The number of carbonyl (C=O) groups excluding carboxylic acids is 1. The summed E-state index contributed by atoms with van der Waals surface area (Å²) in [5.74, 6) is 1.15. The molecule has 2 heterocycles. The van der Waals surface area contributed by atoms with Crippen LogP contribution in [0.3, 0.4) is 0 Å². The van der Waals surface area contributed by atoms with Crippen molar-refractivity contribution in [2.24, 2.45) is 0 Å². The molecule has 1 aliphatic carbocycles. The highest BCUT2D eigenvalue weighted by atomic mass is 32.2. The van der Waals surface area contributed by atoms with Crippen molar-refractivity contribution in [1.29, 1.82) is 0 Å². The third-order valence-corrected chi connectivity index (χ3v) is 8.72. The van der Waals surface area contributed by atoms with Crippen LogP contribution in [-0.2, 0) is 16.4 Å². The second-order valence-electron chi connectivity index (χ2n) is 8.49. The molecule has 1 amide bonds. The van der Waals surface area contributed by atoms with Gasteiger partial charge in [-0.3, -0.25) is 4.79 Å². The van der Waals surface area contributed by atoms with Crippen LogP contribution in [0.1, 0.15) is 45.2 Å². The van der Waals surface area contributed by atoms with Crippen LogP contribution in [0.5, 0.6) is 11.5 Å². The van der Waals surface area contributed by atoms with Gasteiger partial charge in [0.15, 0.2) is 11.5 Å². The molecule has 3 aromatic rings. The SMILES string of the molecule is COc1cc2c(cc1OC)C(c1cccs1)N(C(=O)c1ccc(S(=O)(=O)NC3CC3)cc1)CC2. The number of fused-ring (bicyclic) bond motifs is 1. The van der Waals surface area contributed by atoms with Crippen LogP contribution in [0.15, 0.2) is 58.8 Å². The Kier molecular flexibility index (Phi) is 6.09. The van der Waals surface area contributed by atoms with E-state index in [1.165, 1.54) is 12.1 Å². The molecule has 1 aromatic heterocycles. The van der Waals surface area contributed by atoms with Crippen molar-refractivity contribution in [3.8, 4) is 11.5 Å². The molecule has 7 nitrogen and oxygen atoms in total. The third-order valence-electron chi connectivity index (χ3n) is 6.26. The van der Waals surface area contributed by atoms with Crippen molar-refractivity contribution in [1.82, 2.24) is 9.62 Å².